The van der Waals surface area contributed by atoms with Crippen LogP contribution in [0, 0.1) is 0 Å². The third-order valence-electron chi connectivity index (χ3n) is 2.81. The molecule has 0 saturated heterocycles. The van der Waals surface area contributed by atoms with Crippen molar-refractivity contribution in [2.24, 2.45) is 5.73 Å². The highest BCUT2D eigenvalue weighted by atomic mass is 16.2. The van der Waals surface area contributed by atoms with Gasteiger partial charge in [0.25, 0.3) is 0 Å². The van der Waals surface area contributed by atoms with E-state index in [-0.39, 0.29) is 12.2 Å². The highest BCUT2D eigenvalue weighted by Gasteiger charge is 2.14. The third-order valence-corrected chi connectivity index (χ3v) is 2.81. The third kappa shape index (κ3) is 2.35. The van der Waals surface area contributed by atoms with Crippen molar-refractivity contribution in [2.75, 3.05) is 0 Å². The van der Waals surface area contributed by atoms with Crippen LogP contribution in [0.3, 0.4) is 0 Å². The van der Waals surface area contributed by atoms with E-state index in [2.05, 4.69) is 0 Å². The Morgan fingerprint density at radius 3 is 2.32 bits per heavy atom. The van der Waals surface area contributed by atoms with Crippen molar-refractivity contribution in [3.63, 3.8) is 0 Å². The van der Waals surface area contributed by atoms with Crippen molar-refractivity contribution in [1.29, 1.82) is 0 Å². The second kappa shape index (κ2) is 4.97. The molecule has 100 valence electrons. The van der Waals surface area contributed by atoms with E-state index in [1.54, 1.807) is 16.7 Å². The maximum atomic E-state index is 12.2. The predicted octanol–water partition coefficient (Wildman–Crippen LogP) is 0.0178. The number of hydrogen-bond donors (Lipinski definition) is 2. The van der Waals surface area contributed by atoms with Gasteiger partial charge in [-0.1, -0.05) is 12.1 Å². The molecule has 7 heteroatoms. The van der Waals surface area contributed by atoms with Crippen LogP contribution in [0.4, 0.5) is 4.79 Å². The smallest absolute Gasteiger partial charge is 0.329 e. The number of carbonyl (C=O) groups excluding carboxylic acids is 2. The van der Waals surface area contributed by atoms with E-state index >= 15 is 0 Å². The lowest BCUT2D eigenvalue weighted by atomic mass is 10.3. The van der Waals surface area contributed by atoms with Gasteiger partial charge in [-0.05, 0) is 19.1 Å². The second-order valence-corrected chi connectivity index (χ2v) is 4.01. The first kappa shape index (κ1) is 12.9. The standard InChI is InChI=1S/C12H14N4O3/c1-2-15-8-5-3-4-6-9(8)16(12(15)19)7-10(17)14-11(13)18/h3-6H,2,7H2,1H3,(H3,13,14,17,18). The molecule has 1 aromatic heterocycles. The van der Waals surface area contributed by atoms with E-state index in [4.69, 9.17) is 5.73 Å². The Morgan fingerprint density at radius 2 is 1.79 bits per heavy atom. The molecule has 0 saturated carbocycles. The molecule has 1 heterocycles. The SMILES string of the molecule is CCn1c(=O)n(CC(=O)NC(N)=O)c2ccccc21. The normalized spacial score (nSPS) is 10.6. The fourth-order valence-corrected chi connectivity index (χ4v) is 2.05. The molecule has 3 amide bonds. The molecule has 1 aromatic carbocycles. The summed E-state index contributed by atoms with van der Waals surface area (Å²) in [6, 6.07) is 6.23. The van der Waals surface area contributed by atoms with E-state index in [0.717, 1.165) is 5.52 Å². The minimum atomic E-state index is -0.933. The zero-order valence-electron chi connectivity index (χ0n) is 10.4. The Morgan fingerprint density at radius 1 is 1.21 bits per heavy atom. The Balaban J connectivity index is 2.49. The number of aryl methyl sites for hydroxylation is 1. The van der Waals surface area contributed by atoms with Crippen LogP contribution in [0.1, 0.15) is 6.92 Å². The molecular weight excluding hydrogens is 248 g/mol. The number of carbonyl (C=O) groups is 2. The van der Waals surface area contributed by atoms with Gasteiger partial charge in [0.05, 0.1) is 11.0 Å². The largest absolute Gasteiger partial charge is 0.351 e. The zero-order valence-corrected chi connectivity index (χ0v) is 10.4. The van der Waals surface area contributed by atoms with Crippen LogP contribution in [0.5, 0.6) is 0 Å². The molecule has 7 nitrogen and oxygen atoms in total. The second-order valence-electron chi connectivity index (χ2n) is 4.01. The first-order valence-electron chi connectivity index (χ1n) is 5.82. The highest BCUT2D eigenvalue weighted by molar-refractivity contribution is 5.93. The number of nitrogens with one attached hydrogen (secondary N) is 1. The van der Waals surface area contributed by atoms with Crippen LogP contribution in [-0.4, -0.2) is 21.1 Å². The minimum absolute atomic E-state index is 0.241. The van der Waals surface area contributed by atoms with E-state index in [0.29, 0.717) is 12.1 Å². The van der Waals surface area contributed by atoms with Crippen LogP contribution in [0.25, 0.3) is 11.0 Å². The number of nitrogens with zero attached hydrogens (tertiary/aromatic N) is 2. The van der Waals surface area contributed by atoms with Gasteiger partial charge in [-0.2, -0.15) is 0 Å². The number of urea groups is 1. The molecule has 0 spiro atoms. The van der Waals surface area contributed by atoms with Gasteiger partial charge >= 0.3 is 11.7 Å². The fourth-order valence-electron chi connectivity index (χ4n) is 2.05. The highest BCUT2D eigenvalue weighted by Crippen LogP contribution is 2.12. The molecular formula is C12H14N4O3. The summed E-state index contributed by atoms with van der Waals surface area (Å²) in [5, 5.41) is 1.94. The molecule has 0 unspecified atom stereocenters. The summed E-state index contributed by atoms with van der Waals surface area (Å²) in [6.45, 7) is 2.11. The van der Waals surface area contributed by atoms with Crippen LogP contribution < -0.4 is 16.7 Å². The van der Waals surface area contributed by atoms with Gasteiger partial charge in [-0.25, -0.2) is 9.59 Å². The number of hydrogen-bond acceptors (Lipinski definition) is 3. The quantitative estimate of drug-likeness (QED) is 0.815. The average molecular weight is 262 g/mol. The Kier molecular flexibility index (Phi) is 3.37. The predicted molar refractivity (Wildman–Crippen MR) is 69.6 cm³/mol. The molecule has 0 atom stereocenters. The Bertz CT molecular complexity index is 699. The summed E-state index contributed by atoms with van der Waals surface area (Å²) in [5.74, 6) is -0.617. The van der Waals surface area contributed by atoms with Crippen molar-refractivity contribution >= 4 is 23.0 Å². The molecule has 19 heavy (non-hydrogen) atoms. The molecule has 0 radical (unpaired) electrons. The van der Waals surface area contributed by atoms with Crippen LogP contribution >= 0.6 is 0 Å². The van der Waals surface area contributed by atoms with Crippen molar-refractivity contribution in [3.8, 4) is 0 Å². The molecule has 0 aliphatic rings. The number of fused-ring (bicyclic) bond motifs is 1. The van der Waals surface area contributed by atoms with Crippen LogP contribution in [0.15, 0.2) is 29.1 Å². The van der Waals surface area contributed by atoms with E-state index in [1.165, 1.54) is 4.57 Å². The van der Waals surface area contributed by atoms with Gasteiger partial charge in [0.2, 0.25) is 5.91 Å². The summed E-state index contributed by atoms with van der Waals surface area (Å²) >= 11 is 0. The molecule has 0 fully saturated rings. The van der Waals surface area contributed by atoms with Crippen LogP contribution in [0.2, 0.25) is 0 Å². The summed E-state index contributed by atoms with van der Waals surface area (Å²) < 4.78 is 2.88. The van der Waals surface area contributed by atoms with E-state index in [1.807, 2.05) is 24.4 Å². The van der Waals surface area contributed by atoms with Crippen LogP contribution in [-0.2, 0) is 17.9 Å². The van der Waals surface area contributed by atoms with Crippen molar-refractivity contribution < 1.29 is 9.59 Å². The van der Waals surface area contributed by atoms with Crippen molar-refractivity contribution in [1.82, 2.24) is 14.5 Å². The average Bonchev–Trinajstić information content (AvgIpc) is 2.61. The monoisotopic (exact) mass is 262 g/mol. The molecule has 2 aromatic rings. The number of primary amides is 1. The van der Waals surface area contributed by atoms with Crippen molar-refractivity contribution in [3.05, 3.63) is 34.7 Å². The number of rotatable bonds is 3. The van der Waals surface area contributed by atoms with Gasteiger partial charge < -0.3 is 5.73 Å². The number of para-hydroxylation sites is 2. The maximum absolute atomic E-state index is 12.2. The number of aromatic nitrogens is 2. The number of nitrogens with two attached hydrogens (primary N) is 1. The lowest BCUT2D eigenvalue weighted by molar-refractivity contribution is -0.120. The molecule has 0 aliphatic carbocycles. The first-order chi connectivity index (χ1) is 9.04. The lowest BCUT2D eigenvalue weighted by Crippen LogP contribution is -2.39. The van der Waals surface area contributed by atoms with Gasteiger partial charge in [0, 0.05) is 6.54 Å². The van der Waals surface area contributed by atoms with Crippen molar-refractivity contribution in [2.45, 2.75) is 20.0 Å². The molecule has 0 bridgehead atoms. The Hall–Kier alpha value is -2.57. The number of imide groups is 1. The summed E-state index contributed by atoms with van der Waals surface area (Å²) in [4.78, 5) is 34.3. The van der Waals surface area contributed by atoms with Gasteiger partial charge in [0.15, 0.2) is 0 Å². The number of benzene rings is 1. The Labute approximate surface area is 108 Å². The summed E-state index contributed by atoms with van der Waals surface area (Å²) in [7, 11) is 0. The topological polar surface area (TPSA) is 99.1 Å². The number of amides is 3. The minimum Gasteiger partial charge on any atom is -0.351 e. The molecule has 2 rings (SSSR count). The number of imidazole rings is 1. The summed E-state index contributed by atoms with van der Waals surface area (Å²) in [5.41, 5.74) is 5.98. The lowest BCUT2D eigenvalue weighted by Gasteiger charge is -2.02. The van der Waals surface area contributed by atoms with E-state index in [9.17, 15) is 14.4 Å². The van der Waals surface area contributed by atoms with E-state index < -0.39 is 11.9 Å². The zero-order chi connectivity index (χ0) is 14.0. The molecule has 0 aliphatic heterocycles. The summed E-state index contributed by atoms with van der Waals surface area (Å²) in [6.07, 6.45) is 0. The molecule has 3 N–H and O–H groups in total. The van der Waals surface area contributed by atoms with Gasteiger partial charge in [0.1, 0.15) is 6.54 Å². The maximum Gasteiger partial charge on any atom is 0.329 e. The van der Waals surface area contributed by atoms with Gasteiger partial charge in [-0.15, -0.1) is 0 Å². The fraction of sp³-hybridized carbons (Fsp3) is 0.250. The van der Waals surface area contributed by atoms with Gasteiger partial charge in [-0.3, -0.25) is 19.2 Å². The first-order valence-corrected chi connectivity index (χ1v) is 5.82.